The van der Waals surface area contributed by atoms with Crippen molar-refractivity contribution in [1.82, 2.24) is 0 Å². The van der Waals surface area contributed by atoms with Gasteiger partial charge in [-0.2, -0.15) is 0 Å². The third kappa shape index (κ3) is 6.44. The minimum atomic E-state index is -0.352. The van der Waals surface area contributed by atoms with E-state index in [4.69, 9.17) is 4.74 Å². The van der Waals surface area contributed by atoms with Crippen molar-refractivity contribution >= 4 is 11.3 Å². The minimum Gasteiger partial charge on any atom is -0.495 e. The largest absolute Gasteiger partial charge is 0.495 e. The van der Waals surface area contributed by atoms with Gasteiger partial charge in [-0.05, 0) is 17.9 Å². The molecule has 1 atom stereocenters. The highest BCUT2D eigenvalue weighted by molar-refractivity contribution is 7.10. The lowest BCUT2D eigenvalue weighted by atomic mass is 10.0. The molecule has 0 aliphatic rings. The molecule has 0 saturated heterocycles. The fourth-order valence-electron chi connectivity index (χ4n) is 2.32. The molecule has 0 aliphatic heterocycles. The number of rotatable bonds is 11. The summed E-state index contributed by atoms with van der Waals surface area (Å²) < 4.78 is 5.24. The Labute approximate surface area is 121 Å². The maximum absolute atomic E-state index is 10.1. The van der Waals surface area contributed by atoms with Crippen LogP contribution in [0.2, 0.25) is 0 Å². The summed E-state index contributed by atoms with van der Waals surface area (Å²) in [7, 11) is 1.66. The molecule has 19 heavy (non-hydrogen) atoms. The van der Waals surface area contributed by atoms with Crippen molar-refractivity contribution in [3.63, 3.8) is 0 Å². The van der Waals surface area contributed by atoms with E-state index >= 15 is 0 Å². The summed E-state index contributed by atoms with van der Waals surface area (Å²) in [6.45, 7) is 2.25. The highest BCUT2D eigenvalue weighted by Crippen LogP contribution is 2.33. The molecular weight excluding hydrogens is 256 g/mol. The lowest BCUT2D eigenvalue weighted by Gasteiger charge is -2.10. The first-order valence-corrected chi connectivity index (χ1v) is 8.47. The number of unbranched alkanes of at least 4 members (excludes halogenated alkanes) is 7. The van der Waals surface area contributed by atoms with Gasteiger partial charge in [0.1, 0.15) is 5.75 Å². The van der Waals surface area contributed by atoms with Gasteiger partial charge in [-0.3, -0.25) is 0 Å². The van der Waals surface area contributed by atoms with Crippen LogP contribution >= 0.6 is 11.3 Å². The number of aliphatic hydroxyl groups is 1. The van der Waals surface area contributed by atoms with Crippen LogP contribution in [0.15, 0.2) is 11.4 Å². The summed E-state index contributed by atoms with van der Waals surface area (Å²) in [5.74, 6) is 0.831. The fourth-order valence-corrected chi connectivity index (χ4v) is 3.20. The van der Waals surface area contributed by atoms with E-state index in [1.807, 2.05) is 11.4 Å². The molecule has 1 aromatic heterocycles. The zero-order chi connectivity index (χ0) is 13.9. The molecule has 2 nitrogen and oxygen atoms in total. The van der Waals surface area contributed by atoms with Gasteiger partial charge in [-0.25, -0.2) is 0 Å². The topological polar surface area (TPSA) is 29.5 Å². The molecule has 1 aromatic rings. The molecule has 0 aromatic carbocycles. The molecule has 1 unspecified atom stereocenters. The number of aliphatic hydroxyl groups excluding tert-OH is 1. The van der Waals surface area contributed by atoms with Crippen molar-refractivity contribution in [2.45, 2.75) is 70.8 Å². The Kier molecular flexibility index (Phi) is 8.93. The molecular formula is C16H28O2S. The molecule has 0 spiro atoms. The van der Waals surface area contributed by atoms with Crippen molar-refractivity contribution in [3.05, 3.63) is 16.3 Å². The molecule has 0 aliphatic carbocycles. The molecule has 0 fully saturated rings. The van der Waals surface area contributed by atoms with Gasteiger partial charge in [0.15, 0.2) is 0 Å². The van der Waals surface area contributed by atoms with Crippen molar-refractivity contribution in [3.8, 4) is 5.75 Å². The van der Waals surface area contributed by atoms with Gasteiger partial charge in [0, 0.05) is 0 Å². The highest BCUT2D eigenvalue weighted by atomic mass is 32.1. The zero-order valence-electron chi connectivity index (χ0n) is 12.4. The third-order valence-corrected chi connectivity index (χ3v) is 4.51. The maximum atomic E-state index is 10.1. The van der Waals surface area contributed by atoms with E-state index in [9.17, 15) is 5.11 Å². The SMILES string of the molecule is CCCCCCCCCCC(O)c1sccc1OC. The molecule has 0 amide bonds. The van der Waals surface area contributed by atoms with Crippen LogP contribution in [0.4, 0.5) is 0 Å². The van der Waals surface area contributed by atoms with Crippen molar-refractivity contribution in [1.29, 1.82) is 0 Å². The summed E-state index contributed by atoms with van der Waals surface area (Å²) >= 11 is 1.58. The monoisotopic (exact) mass is 284 g/mol. The van der Waals surface area contributed by atoms with E-state index in [0.29, 0.717) is 0 Å². The molecule has 0 bridgehead atoms. The van der Waals surface area contributed by atoms with Crippen LogP contribution in [0.25, 0.3) is 0 Å². The average molecular weight is 284 g/mol. The predicted octanol–water partition coefficient (Wildman–Crippen LogP) is 5.32. The van der Waals surface area contributed by atoms with Gasteiger partial charge in [-0.15, -0.1) is 11.3 Å². The standard InChI is InChI=1S/C16H28O2S/c1-3-4-5-6-7-8-9-10-11-14(17)16-15(18-2)12-13-19-16/h12-14,17H,3-11H2,1-2H3. The Morgan fingerprint density at radius 3 is 2.37 bits per heavy atom. The van der Waals surface area contributed by atoms with E-state index in [1.54, 1.807) is 18.4 Å². The van der Waals surface area contributed by atoms with Crippen LogP contribution in [-0.2, 0) is 0 Å². The Bertz CT molecular complexity index is 322. The Balaban J connectivity index is 2.06. The third-order valence-electron chi connectivity index (χ3n) is 3.51. The number of hydrogen-bond acceptors (Lipinski definition) is 3. The fraction of sp³-hybridized carbons (Fsp3) is 0.750. The smallest absolute Gasteiger partial charge is 0.135 e. The van der Waals surface area contributed by atoms with Gasteiger partial charge in [0.2, 0.25) is 0 Å². The van der Waals surface area contributed by atoms with Crippen LogP contribution in [0.5, 0.6) is 5.75 Å². The second-order valence-corrected chi connectivity index (χ2v) is 6.08. The maximum Gasteiger partial charge on any atom is 0.135 e. The van der Waals surface area contributed by atoms with Crippen LogP contribution in [0, 0.1) is 0 Å². The van der Waals surface area contributed by atoms with E-state index in [2.05, 4.69) is 6.92 Å². The molecule has 1 rings (SSSR count). The van der Waals surface area contributed by atoms with E-state index in [-0.39, 0.29) is 6.10 Å². The number of thiophene rings is 1. The lowest BCUT2D eigenvalue weighted by molar-refractivity contribution is 0.163. The summed E-state index contributed by atoms with van der Waals surface area (Å²) in [5, 5.41) is 12.1. The molecule has 3 heteroatoms. The molecule has 110 valence electrons. The summed E-state index contributed by atoms with van der Waals surface area (Å²) in [4.78, 5) is 0.977. The zero-order valence-corrected chi connectivity index (χ0v) is 13.2. The highest BCUT2D eigenvalue weighted by Gasteiger charge is 2.14. The van der Waals surface area contributed by atoms with E-state index < -0.39 is 0 Å². The Morgan fingerprint density at radius 1 is 1.11 bits per heavy atom. The van der Waals surface area contributed by atoms with Crippen molar-refractivity contribution in [2.75, 3.05) is 7.11 Å². The van der Waals surface area contributed by atoms with Crippen LogP contribution in [0.3, 0.4) is 0 Å². The molecule has 1 N–H and O–H groups in total. The predicted molar refractivity (Wildman–Crippen MR) is 83.1 cm³/mol. The number of ether oxygens (including phenoxy) is 1. The van der Waals surface area contributed by atoms with Gasteiger partial charge >= 0.3 is 0 Å². The first kappa shape index (κ1) is 16.5. The summed E-state index contributed by atoms with van der Waals surface area (Å²) in [6.07, 6.45) is 10.9. The van der Waals surface area contributed by atoms with Crippen LogP contribution < -0.4 is 4.74 Å². The van der Waals surface area contributed by atoms with Crippen LogP contribution in [-0.4, -0.2) is 12.2 Å². The van der Waals surface area contributed by atoms with Crippen molar-refractivity contribution in [2.24, 2.45) is 0 Å². The van der Waals surface area contributed by atoms with Crippen molar-refractivity contribution < 1.29 is 9.84 Å². The Hall–Kier alpha value is -0.540. The first-order chi connectivity index (χ1) is 9.29. The average Bonchev–Trinajstić information content (AvgIpc) is 2.90. The summed E-state index contributed by atoms with van der Waals surface area (Å²) in [6, 6.07) is 1.93. The van der Waals surface area contributed by atoms with Gasteiger partial charge < -0.3 is 9.84 Å². The second-order valence-electron chi connectivity index (χ2n) is 5.13. The van der Waals surface area contributed by atoms with Gasteiger partial charge in [0.05, 0.1) is 18.1 Å². The molecule has 1 heterocycles. The first-order valence-electron chi connectivity index (χ1n) is 7.59. The summed E-state index contributed by atoms with van der Waals surface area (Å²) in [5.41, 5.74) is 0. The number of hydrogen-bond donors (Lipinski definition) is 1. The second kappa shape index (κ2) is 10.3. The van der Waals surface area contributed by atoms with Gasteiger partial charge in [-0.1, -0.05) is 58.3 Å². The number of methoxy groups -OCH3 is 1. The lowest BCUT2D eigenvalue weighted by Crippen LogP contribution is -1.97. The van der Waals surface area contributed by atoms with E-state index in [0.717, 1.165) is 23.5 Å². The van der Waals surface area contributed by atoms with Crippen LogP contribution in [0.1, 0.15) is 75.7 Å². The van der Waals surface area contributed by atoms with Gasteiger partial charge in [0.25, 0.3) is 0 Å². The molecule has 0 radical (unpaired) electrons. The Morgan fingerprint density at radius 2 is 1.74 bits per heavy atom. The van der Waals surface area contributed by atoms with E-state index in [1.165, 1.54) is 44.9 Å². The molecule has 0 saturated carbocycles. The normalized spacial score (nSPS) is 12.6. The minimum absolute atomic E-state index is 0.352. The quantitative estimate of drug-likeness (QED) is 0.557.